The molecule has 0 fully saturated rings. The normalized spacial score (nSPS) is 10.2. The zero-order valence-corrected chi connectivity index (χ0v) is 11.0. The summed E-state index contributed by atoms with van der Waals surface area (Å²) < 4.78 is 6.01. The number of nitrogens with one attached hydrogen (secondary N) is 1. The molecular weight excluding hydrogens is 282 g/mol. The van der Waals surface area contributed by atoms with Crippen LogP contribution in [0.3, 0.4) is 0 Å². The molecule has 2 rings (SSSR count). The van der Waals surface area contributed by atoms with Crippen molar-refractivity contribution in [2.75, 3.05) is 6.61 Å². The first-order chi connectivity index (χ1) is 8.22. The van der Waals surface area contributed by atoms with E-state index in [4.69, 9.17) is 4.74 Å². The van der Waals surface area contributed by atoms with Gasteiger partial charge in [0.1, 0.15) is 0 Å². The first-order valence-corrected chi connectivity index (χ1v) is 6.12. The number of rotatable bonds is 3. The third-order valence-corrected chi connectivity index (χ3v) is 2.90. The van der Waals surface area contributed by atoms with E-state index in [0.717, 1.165) is 15.7 Å². The van der Waals surface area contributed by atoms with Gasteiger partial charge < -0.3 is 9.72 Å². The van der Waals surface area contributed by atoms with Gasteiger partial charge in [-0.15, -0.1) is 0 Å². The van der Waals surface area contributed by atoms with E-state index < -0.39 is 0 Å². The highest BCUT2D eigenvalue weighted by Gasteiger charge is 2.14. The molecule has 88 valence electrons. The van der Waals surface area contributed by atoms with Gasteiger partial charge in [0.05, 0.1) is 17.9 Å². The molecule has 4 heteroatoms. The average Bonchev–Trinajstić information content (AvgIpc) is 2.79. The van der Waals surface area contributed by atoms with Crippen molar-refractivity contribution in [3.63, 3.8) is 0 Å². The Hall–Kier alpha value is -1.55. The van der Waals surface area contributed by atoms with Gasteiger partial charge in [-0.05, 0) is 30.7 Å². The number of H-pyrrole nitrogens is 1. The standard InChI is InChI=1S/C13H12BrNO2/c1-2-17-13(16)11-7-8-15-12(11)9-3-5-10(14)6-4-9/h3-8,15H,2H2,1H3. The number of esters is 1. The van der Waals surface area contributed by atoms with Gasteiger partial charge in [0.15, 0.2) is 0 Å². The molecule has 0 aliphatic rings. The van der Waals surface area contributed by atoms with Crippen LogP contribution in [0.25, 0.3) is 11.3 Å². The molecule has 17 heavy (non-hydrogen) atoms. The average molecular weight is 294 g/mol. The Bertz CT molecular complexity index is 516. The Morgan fingerprint density at radius 2 is 2.00 bits per heavy atom. The zero-order chi connectivity index (χ0) is 12.3. The molecule has 1 heterocycles. The minimum absolute atomic E-state index is 0.299. The van der Waals surface area contributed by atoms with E-state index in [1.54, 1.807) is 19.2 Å². The largest absolute Gasteiger partial charge is 0.462 e. The van der Waals surface area contributed by atoms with E-state index in [1.807, 2.05) is 24.3 Å². The summed E-state index contributed by atoms with van der Waals surface area (Å²) in [5.41, 5.74) is 2.31. The Morgan fingerprint density at radius 1 is 1.29 bits per heavy atom. The third kappa shape index (κ3) is 2.58. The lowest BCUT2D eigenvalue weighted by molar-refractivity contribution is 0.0527. The SMILES string of the molecule is CCOC(=O)c1cc[nH]c1-c1ccc(Br)cc1. The van der Waals surface area contributed by atoms with E-state index in [2.05, 4.69) is 20.9 Å². The maximum absolute atomic E-state index is 11.7. The minimum atomic E-state index is -0.299. The van der Waals surface area contributed by atoms with Crippen molar-refractivity contribution in [1.29, 1.82) is 0 Å². The summed E-state index contributed by atoms with van der Waals surface area (Å²) in [5, 5.41) is 0. The van der Waals surface area contributed by atoms with Crippen LogP contribution in [0.15, 0.2) is 41.0 Å². The van der Waals surface area contributed by atoms with Gasteiger partial charge in [0.25, 0.3) is 0 Å². The lowest BCUT2D eigenvalue weighted by Gasteiger charge is -2.04. The van der Waals surface area contributed by atoms with Crippen LogP contribution < -0.4 is 0 Å². The van der Waals surface area contributed by atoms with Crippen molar-refractivity contribution >= 4 is 21.9 Å². The van der Waals surface area contributed by atoms with Crippen LogP contribution in [0, 0.1) is 0 Å². The van der Waals surface area contributed by atoms with E-state index in [1.165, 1.54) is 0 Å². The predicted molar refractivity (Wildman–Crippen MR) is 69.9 cm³/mol. The van der Waals surface area contributed by atoms with Crippen LogP contribution >= 0.6 is 15.9 Å². The van der Waals surface area contributed by atoms with Gasteiger partial charge in [0.2, 0.25) is 0 Å². The van der Waals surface area contributed by atoms with Gasteiger partial charge in [-0.2, -0.15) is 0 Å². The summed E-state index contributed by atoms with van der Waals surface area (Å²) in [4.78, 5) is 14.8. The Kier molecular flexibility index (Phi) is 3.64. The Balaban J connectivity index is 2.36. The molecule has 1 aromatic heterocycles. The van der Waals surface area contributed by atoms with E-state index in [0.29, 0.717) is 12.2 Å². The number of carbonyl (C=O) groups is 1. The maximum Gasteiger partial charge on any atom is 0.340 e. The number of halogens is 1. The molecule has 3 nitrogen and oxygen atoms in total. The highest BCUT2D eigenvalue weighted by molar-refractivity contribution is 9.10. The highest BCUT2D eigenvalue weighted by Crippen LogP contribution is 2.24. The molecular formula is C13H12BrNO2. The summed E-state index contributed by atoms with van der Waals surface area (Å²) in [7, 11) is 0. The fourth-order valence-corrected chi connectivity index (χ4v) is 1.87. The summed E-state index contributed by atoms with van der Waals surface area (Å²) in [5.74, 6) is -0.299. The molecule has 2 aromatic rings. The topological polar surface area (TPSA) is 42.1 Å². The second-order valence-electron chi connectivity index (χ2n) is 3.49. The molecule has 0 aliphatic heterocycles. The van der Waals surface area contributed by atoms with Gasteiger partial charge >= 0.3 is 5.97 Å². The van der Waals surface area contributed by atoms with Gasteiger partial charge in [-0.3, -0.25) is 0 Å². The molecule has 0 amide bonds. The molecule has 0 saturated heterocycles. The van der Waals surface area contributed by atoms with Crippen LogP contribution in [0.1, 0.15) is 17.3 Å². The number of aromatic nitrogens is 1. The predicted octanol–water partition coefficient (Wildman–Crippen LogP) is 3.62. The number of hydrogen-bond donors (Lipinski definition) is 1. The number of carbonyl (C=O) groups excluding carboxylic acids is 1. The lowest BCUT2D eigenvalue weighted by Crippen LogP contribution is -2.04. The van der Waals surface area contributed by atoms with Crippen molar-refractivity contribution in [2.24, 2.45) is 0 Å². The van der Waals surface area contributed by atoms with E-state index in [9.17, 15) is 4.79 Å². The summed E-state index contributed by atoms with van der Waals surface area (Å²) in [6.07, 6.45) is 1.74. The van der Waals surface area contributed by atoms with Crippen LogP contribution in [-0.4, -0.2) is 17.6 Å². The number of hydrogen-bond acceptors (Lipinski definition) is 2. The van der Waals surface area contributed by atoms with Gasteiger partial charge in [-0.1, -0.05) is 28.1 Å². The fraction of sp³-hybridized carbons (Fsp3) is 0.154. The molecule has 0 bridgehead atoms. The number of ether oxygens (including phenoxy) is 1. The van der Waals surface area contributed by atoms with Gasteiger partial charge in [0, 0.05) is 10.7 Å². The van der Waals surface area contributed by atoms with Crippen LogP contribution in [-0.2, 0) is 4.74 Å². The van der Waals surface area contributed by atoms with Crippen molar-refractivity contribution in [1.82, 2.24) is 4.98 Å². The van der Waals surface area contributed by atoms with Crippen LogP contribution in [0.5, 0.6) is 0 Å². The molecule has 0 spiro atoms. The van der Waals surface area contributed by atoms with E-state index in [-0.39, 0.29) is 5.97 Å². The molecule has 1 N–H and O–H groups in total. The fourth-order valence-electron chi connectivity index (χ4n) is 1.60. The monoisotopic (exact) mass is 293 g/mol. The van der Waals surface area contributed by atoms with Crippen LogP contribution in [0.2, 0.25) is 0 Å². The minimum Gasteiger partial charge on any atom is -0.462 e. The smallest absolute Gasteiger partial charge is 0.340 e. The summed E-state index contributed by atoms with van der Waals surface area (Å²) in [6.45, 7) is 2.17. The van der Waals surface area contributed by atoms with Crippen LogP contribution in [0.4, 0.5) is 0 Å². The van der Waals surface area contributed by atoms with Crippen molar-refractivity contribution in [3.05, 3.63) is 46.6 Å². The number of benzene rings is 1. The van der Waals surface area contributed by atoms with Crippen molar-refractivity contribution < 1.29 is 9.53 Å². The second kappa shape index (κ2) is 5.19. The molecule has 1 aromatic carbocycles. The first kappa shape index (κ1) is 11.9. The highest BCUT2D eigenvalue weighted by atomic mass is 79.9. The molecule has 0 unspecified atom stereocenters. The van der Waals surface area contributed by atoms with Crippen molar-refractivity contribution in [2.45, 2.75) is 6.92 Å². The van der Waals surface area contributed by atoms with Crippen molar-refractivity contribution in [3.8, 4) is 11.3 Å². The third-order valence-electron chi connectivity index (χ3n) is 2.38. The first-order valence-electron chi connectivity index (χ1n) is 5.33. The second-order valence-corrected chi connectivity index (χ2v) is 4.41. The molecule has 0 saturated carbocycles. The lowest BCUT2D eigenvalue weighted by atomic mass is 10.1. The Morgan fingerprint density at radius 3 is 2.65 bits per heavy atom. The quantitative estimate of drug-likeness (QED) is 0.878. The van der Waals surface area contributed by atoms with Gasteiger partial charge in [-0.25, -0.2) is 4.79 Å². The summed E-state index contributed by atoms with van der Waals surface area (Å²) in [6, 6.07) is 9.49. The molecule has 0 radical (unpaired) electrons. The zero-order valence-electron chi connectivity index (χ0n) is 9.37. The Labute approximate surface area is 108 Å². The number of aromatic amines is 1. The molecule has 0 atom stereocenters. The molecule has 0 aliphatic carbocycles. The maximum atomic E-state index is 11.7. The summed E-state index contributed by atoms with van der Waals surface area (Å²) >= 11 is 3.38. The van der Waals surface area contributed by atoms with E-state index >= 15 is 0 Å².